The molecule has 230 valence electrons. The molecule has 0 heterocycles. The zero-order valence-corrected chi connectivity index (χ0v) is 28.3. The fourth-order valence-corrected chi connectivity index (χ4v) is 6.99. The summed E-state index contributed by atoms with van der Waals surface area (Å²) in [4.78, 5) is 29.7. The Balaban J connectivity index is 1.74. The van der Waals surface area contributed by atoms with Crippen molar-refractivity contribution in [3.63, 3.8) is 0 Å². The lowest BCUT2D eigenvalue weighted by Crippen LogP contribution is -2.55. The summed E-state index contributed by atoms with van der Waals surface area (Å²) >= 11 is 22.1. The first-order valence-electron chi connectivity index (χ1n) is 13.9. The van der Waals surface area contributed by atoms with Crippen LogP contribution in [0.2, 0.25) is 15.1 Å². The van der Waals surface area contributed by atoms with Crippen LogP contribution in [0, 0.1) is 0 Å². The van der Waals surface area contributed by atoms with Crippen molar-refractivity contribution in [2.75, 3.05) is 17.1 Å². The van der Waals surface area contributed by atoms with Gasteiger partial charge in [0.15, 0.2) is 0 Å². The zero-order chi connectivity index (χ0) is 31.1. The molecule has 0 spiro atoms. The number of carbonyl (C=O) groups is 2. The Morgan fingerprint density at radius 3 is 2.16 bits per heavy atom. The van der Waals surface area contributed by atoms with Gasteiger partial charge < -0.3 is 10.2 Å². The van der Waals surface area contributed by atoms with E-state index < -0.39 is 28.5 Å². The summed E-state index contributed by atoms with van der Waals surface area (Å²) in [6.07, 6.45) is 6.17. The molecule has 43 heavy (non-hydrogen) atoms. The Morgan fingerprint density at radius 2 is 1.53 bits per heavy atom. The van der Waals surface area contributed by atoms with Gasteiger partial charge in [0, 0.05) is 23.5 Å². The lowest BCUT2D eigenvalue weighted by molar-refractivity contribution is -0.140. The Hall–Kier alpha value is -2.30. The zero-order valence-electron chi connectivity index (χ0n) is 23.6. The largest absolute Gasteiger partial charge is 0.352 e. The third-order valence-corrected chi connectivity index (χ3v) is 10.1. The number of amides is 2. The van der Waals surface area contributed by atoms with Crippen LogP contribution in [-0.2, 0) is 32.6 Å². The van der Waals surface area contributed by atoms with Crippen LogP contribution in [0.1, 0.15) is 43.2 Å². The van der Waals surface area contributed by atoms with E-state index in [0.29, 0.717) is 0 Å². The summed E-state index contributed by atoms with van der Waals surface area (Å²) in [7, 11) is -4.01. The molecule has 1 saturated carbocycles. The first-order valence-corrected chi connectivity index (χ1v) is 17.7. The van der Waals surface area contributed by atoms with E-state index in [1.165, 1.54) is 17.0 Å². The number of sulfonamides is 1. The molecule has 1 unspecified atom stereocenters. The van der Waals surface area contributed by atoms with E-state index in [1.807, 2.05) is 54.6 Å². The van der Waals surface area contributed by atoms with E-state index in [4.69, 9.17) is 34.8 Å². The van der Waals surface area contributed by atoms with Crippen molar-refractivity contribution in [1.29, 1.82) is 0 Å². The van der Waals surface area contributed by atoms with Gasteiger partial charge in [-0.25, -0.2) is 8.42 Å². The molecule has 2 amide bonds. The molecule has 1 aliphatic carbocycles. The highest BCUT2D eigenvalue weighted by Gasteiger charge is 2.34. The fraction of sp³-hybridized carbons (Fsp3) is 0.355. The first kappa shape index (κ1) is 33.6. The lowest BCUT2D eigenvalue weighted by Gasteiger charge is -2.35. The molecule has 3 aromatic carbocycles. The number of hydrogen-bond acceptors (Lipinski definition) is 4. The highest BCUT2D eigenvalue weighted by Crippen LogP contribution is 2.36. The minimum absolute atomic E-state index is 0.0155. The van der Waals surface area contributed by atoms with Gasteiger partial charge in [-0.05, 0) is 48.2 Å². The molecule has 12 heteroatoms. The van der Waals surface area contributed by atoms with Crippen molar-refractivity contribution in [1.82, 2.24) is 10.2 Å². The van der Waals surface area contributed by atoms with Crippen LogP contribution in [0.3, 0.4) is 0 Å². The van der Waals surface area contributed by atoms with Gasteiger partial charge in [0.05, 0.1) is 27.0 Å². The van der Waals surface area contributed by atoms with Gasteiger partial charge in [-0.2, -0.15) is 0 Å². The second kappa shape index (κ2) is 15.1. The molecule has 4 rings (SSSR count). The third kappa shape index (κ3) is 9.35. The van der Waals surface area contributed by atoms with Crippen LogP contribution in [0.5, 0.6) is 0 Å². The van der Waals surface area contributed by atoms with Gasteiger partial charge in [-0.1, -0.05) is 112 Å². The van der Waals surface area contributed by atoms with Gasteiger partial charge in [0.2, 0.25) is 21.8 Å². The van der Waals surface area contributed by atoms with Crippen LogP contribution in [0.4, 0.5) is 5.69 Å². The topological polar surface area (TPSA) is 86.8 Å². The predicted molar refractivity (Wildman–Crippen MR) is 177 cm³/mol. The smallest absolute Gasteiger partial charge is 0.244 e. The van der Waals surface area contributed by atoms with Crippen LogP contribution < -0.4 is 9.62 Å². The van der Waals surface area contributed by atoms with Crippen molar-refractivity contribution in [3.05, 3.63) is 97.4 Å². The van der Waals surface area contributed by atoms with E-state index in [0.717, 1.165) is 58.3 Å². The number of carbonyl (C=O) groups excluding carboxylic acids is 2. The van der Waals surface area contributed by atoms with Crippen molar-refractivity contribution >= 4 is 78.3 Å². The summed E-state index contributed by atoms with van der Waals surface area (Å²) in [5.74, 6) is -0.852. The molecule has 3 aromatic rings. The van der Waals surface area contributed by atoms with Gasteiger partial charge in [0.25, 0.3) is 0 Å². The fourth-order valence-electron chi connectivity index (χ4n) is 5.18. The van der Waals surface area contributed by atoms with E-state index in [-0.39, 0.29) is 45.7 Å². The number of nitrogens with zero attached hydrogens (tertiary/aromatic N) is 2. The Bertz CT molecular complexity index is 1540. The second-order valence-electron chi connectivity index (χ2n) is 10.7. The minimum atomic E-state index is -4.01. The second-order valence-corrected chi connectivity index (χ2v) is 14.7. The molecule has 1 N–H and O–H groups in total. The number of hydrogen-bond donors (Lipinski definition) is 1. The summed E-state index contributed by atoms with van der Waals surface area (Å²) in [5.41, 5.74) is 1.66. The maximum absolute atomic E-state index is 14.3. The number of rotatable bonds is 11. The van der Waals surface area contributed by atoms with E-state index in [9.17, 15) is 18.0 Å². The molecule has 0 saturated heterocycles. The molecule has 1 atom stereocenters. The van der Waals surface area contributed by atoms with Gasteiger partial charge in [0.1, 0.15) is 12.6 Å². The molecule has 0 aromatic heterocycles. The van der Waals surface area contributed by atoms with Crippen LogP contribution >= 0.6 is 50.7 Å². The summed E-state index contributed by atoms with van der Waals surface area (Å²) in [6.45, 7) is -0.524. The third-order valence-electron chi connectivity index (χ3n) is 7.43. The predicted octanol–water partition coefficient (Wildman–Crippen LogP) is 7.26. The monoisotopic (exact) mass is 727 g/mol. The van der Waals surface area contributed by atoms with Crippen LogP contribution in [0.25, 0.3) is 0 Å². The van der Waals surface area contributed by atoms with Crippen molar-refractivity contribution in [2.24, 2.45) is 0 Å². The normalized spacial score (nSPS) is 14.6. The molecular formula is C31H33BrCl3N3O4S. The van der Waals surface area contributed by atoms with Crippen molar-refractivity contribution in [2.45, 2.75) is 57.2 Å². The van der Waals surface area contributed by atoms with E-state index in [1.54, 1.807) is 0 Å². The van der Waals surface area contributed by atoms with E-state index in [2.05, 4.69) is 21.2 Å². The van der Waals surface area contributed by atoms with Crippen LogP contribution in [-0.4, -0.2) is 50.0 Å². The molecule has 1 aliphatic rings. The standard InChI is InChI=1S/C31H33BrCl3N3O4S/c1-43(41,42)38(28-18-26(34)25(33)17-27(28)35)20-30(39)37(19-22-12-14-23(32)15-13-22)29(16-21-8-4-2-5-9-21)31(40)36-24-10-6-3-7-11-24/h2,4-5,8-9,12-15,17-18,24,29H,3,6-7,10-11,16,19-20H2,1H3,(H,36,40). The number of anilines is 1. The molecule has 1 fully saturated rings. The van der Waals surface area contributed by atoms with Gasteiger partial charge >= 0.3 is 0 Å². The van der Waals surface area contributed by atoms with Crippen molar-refractivity contribution in [3.8, 4) is 0 Å². The highest BCUT2D eigenvalue weighted by atomic mass is 79.9. The maximum Gasteiger partial charge on any atom is 0.244 e. The molecule has 0 radical (unpaired) electrons. The molecule has 0 bridgehead atoms. The first-order chi connectivity index (χ1) is 20.4. The summed E-state index contributed by atoms with van der Waals surface area (Å²) in [6, 6.07) is 18.6. The minimum Gasteiger partial charge on any atom is -0.352 e. The lowest BCUT2D eigenvalue weighted by atomic mass is 9.94. The van der Waals surface area contributed by atoms with Gasteiger partial charge in [-0.15, -0.1) is 0 Å². The summed E-state index contributed by atoms with van der Waals surface area (Å²) in [5, 5.41) is 3.43. The molecular weight excluding hydrogens is 697 g/mol. The van der Waals surface area contributed by atoms with Crippen LogP contribution in [0.15, 0.2) is 71.2 Å². The van der Waals surface area contributed by atoms with E-state index >= 15 is 0 Å². The highest BCUT2D eigenvalue weighted by molar-refractivity contribution is 9.10. The Labute approximate surface area is 276 Å². The SMILES string of the molecule is CS(=O)(=O)N(CC(=O)N(Cc1ccc(Br)cc1)C(Cc1ccccc1)C(=O)NC1CCCCC1)c1cc(Cl)c(Cl)cc1Cl. The molecule has 0 aliphatic heterocycles. The Morgan fingerprint density at radius 1 is 0.907 bits per heavy atom. The number of halogens is 4. The average Bonchev–Trinajstić information content (AvgIpc) is 2.97. The summed E-state index contributed by atoms with van der Waals surface area (Å²) < 4.78 is 27.8. The number of benzene rings is 3. The van der Waals surface area contributed by atoms with Gasteiger partial charge in [-0.3, -0.25) is 13.9 Å². The van der Waals surface area contributed by atoms with Crippen molar-refractivity contribution < 1.29 is 18.0 Å². The quantitative estimate of drug-likeness (QED) is 0.211. The Kier molecular flexibility index (Phi) is 11.8. The average molecular weight is 730 g/mol. The molecule has 7 nitrogen and oxygen atoms in total. The number of nitrogens with one attached hydrogen (secondary N) is 1. The maximum atomic E-state index is 14.3.